The summed E-state index contributed by atoms with van der Waals surface area (Å²) in [6.45, 7) is 1.87. The number of hydrogen-bond acceptors (Lipinski definition) is 0. The third kappa shape index (κ3) is 3.56. The molecule has 3 heteroatoms. The van der Waals surface area contributed by atoms with Crippen molar-refractivity contribution in [1.29, 1.82) is 0 Å². The van der Waals surface area contributed by atoms with Gasteiger partial charge in [0.05, 0.1) is 5.38 Å². The predicted octanol–water partition coefficient (Wildman–Crippen LogP) is 5.42. The first-order valence-electron chi connectivity index (χ1n) is 5.70. The van der Waals surface area contributed by atoms with Crippen molar-refractivity contribution < 1.29 is 4.39 Å². The first-order chi connectivity index (χ1) is 8.54. The van der Waals surface area contributed by atoms with Crippen molar-refractivity contribution in [3.63, 3.8) is 0 Å². The van der Waals surface area contributed by atoms with Gasteiger partial charge in [0.2, 0.25) is 0 Å². The minimum absolute atomic E-state index is 0.214. The summed E-state index contributed by atoms with van der Waals surface area (Å²) in [6.07, 6.45) is 0.684. The molecule has 0 N–H and O–H groups in total. The second kappa shape index (κ2) is 5.85. The van der Waals surface area contributed by atoms with Gasteiger partial charge >= 0.3 is 0 Å². The zero-order chi connectivity index (χ0) is 13.1. The fourth-order valence-electron chi connectivity index (χ4n) is 1.93. The molecule has 0 spiro atoms. The van der Waals surface area contributed by atoms with Crippen LogP contribution in [0.25, 0.3) is 0 Å². The highest BCUT2D eigenvalue weighted by molar-refractivity contribution is 9.10. The zero-order valence-corrected chi connectivity index (χ0v) is 12.3. The molecular weight excluding hydrogens is 315 g/mol. The molecule has 2 aromatic rings. The van der Waals surface area contributed by atoms with Crippen molar-refractivity contribution in [2.75, 3.05) is 0 Å². The van der Waals surface area contributed by atoms with Crippen molar-refractivity contribution in [1.82, 2.24) is 0 Å². The third-order valence-corrected chi connectivity index (χ3v) is 3.63. The van der Waals surface area contributed by atoms with Crippen molar-refractivity contribution in [3.8, 4) is 0 Å². The second-order valence-corrected chi connectivity index (χ2v) is 5.81. The van der Waals surface area contributed by atoms with E-state index in [1.807, 2.05) is 37.3 Å². The van der Waals surface area contributed by atoms with Gasteiger partial charge in [0, 0.05) is 4.47 Å². The Bertz CT molecular complexity index is 534. The summed E-state index contributed by atoms with van der Waals surface area (Å²) in [4.78, 5) is 0. The van der Waals surface area contributed by atoms with Crippen LogP contribution in [-0.4, -0.2) is 0 Å². The van der Waals surface area contributed by atoms with Crippen LogP contribution in [0.15, 0.2) is 46.9 Å². The smallest absolute Gasteiger partial charge is 0.123 e. The van der Waals surface area contributed by atoms with E-state index in [1.165, 1.54) is 12.1 Å². The van der Waals surface area contributed by atoms with Crippen LogP contribution in [0.3, 0.4) is 0 Å². The van der Waals surface area contributed by atoms with Crippen LogP contribution in [0.2, 0.25) is 0 Å². The van der Waals surface area contributed by atoms with E-state index in [0.717, 1.165) is 21.2 Å². The van der Waals surface area contributed by atoms with Gasteiger partial charge in [-0.3, -0.25) is 0 Å². The number of halogens is 3. The molecule has 0 amide bonds. The number of benzene rings is 2. The third-order valence-electron chi connectivity index (χ3n) is 2.73. The molecule has 0 fully saturated rings. The van der Waals surface area contributed by atoms with Crippen LogP contribution < -0.4 is 0 Å². The van der Waals surface area contributed by atoms with E-state index >= 15 is 0 Å². The molecule has 2 aromatic carbocycles. The molecule has 0 aliphatic carbocycles. The van der Waals surface area contributed by atoms with Crippen LogP contribution in [0.1, 0.15) is 22.1 Å². The Morgan fingerprint density at radius 2 is 2.00 bits per heavy atom. The van der Waals surface area contributed by atoms with Crippen LogP contribution in [0, 0.1) is 12.7 Å². The molecule has 0 bridgehead atoms. The van der Waals surface area contributed by atoms with Crippen LogP contribution >= 0.6 is 27.5 Å². The molecule has 0 nitrogen and oxygen atoms in total. The normalized spacial score (nSPS) is 12.4. The molecule has 0 aromatic heterocycles. The van der Waals surface area contributed by atoms with Crippen molar-refractivity contribution in [2.24, 2.45) is 0 Å². The SMILES string of the molecule is Cc1cc(F)cc(C(Cl)Cc2cccc(Br)c2)c1. The summed E-state index contributed by atoms with van der Waals surface area (Å²) in [5.74, 6) is -0.232. The Balaban J connectivity index is 2.19. The lowest BCUT2D eigenvalue weighted by Gasteiger charge is -2.11. The number of rotatable bonds is 3. The highest BCUT2D eigenvalue weighted by Crippen LogP contribution is 2.27. The molecular formula is C15H13BrClF. The van der Waals surface area contributed by atoms with Crippen LogP contribution in [-0.2, 0) is 6.42 Å². The molecule has 1 unspecified atom stereocenters. The quantitative estimate of drug-likeness (QED) is 0.660. The monoisotopic (exact) mass is 326 g/mol. The standard InChI is InChI=1S/C15H13BrClF/c1-10-5-12(9-14(18)6-10)15(17)8-11-3-2-4-13(16)7-11/h2-7,9,15H,8H2,1H3. The molecule has 0 heterocycles. The van der Waals surface area contributed by atoms with Gasteiger partial charge in [0.15, 0.2) is 0 Å². The van der Waals surface area contributed by atoms with Crippen molar-refractivity contribution >= 4 is 27.5 Å². The number of alkyl halides is 1. The Kier molecular flexibility index (Phi) is 4.41. The Morgan fingerprint density at radius 3 is 2.67 bits per heavy atom. The van der Waals surface area contributed by atoms with Crippen LogP contribution in [0.5, 0.6) is 0 Å². The van der Waals surface area contributed by atoms with Crippen molar-refractivity contribution in [2.45, 2.75) is 18.7 Å². The van der Waals surface area contributed by atoms with Gasteiger partial charge in [-0.15, -0.1) is 11.6 Å². The van der Waals surface area contributed by atoms with Gasteiger partial charge in [-0.2, -0.15) is 0 Å². The lowest BCUT2D eigenvalue weighted by Crippen LogP contribution is -1.97. The lowest BCUT2D eigenvalue weighted by molar-refractivity contribution is 0.623. The topological polar surface area (TPSA) is 0 Å². The zero-order valence-electron chi connectivity index (χ0n) is 9.96. The van der Waals surface area contributed by atoms with Gasteiger partial charge in [0.25, 0.3) is 0 Å². The van der Waals surface area contributed by atoms with E-state index in [-0.39, 0.29) is 11.2 Å². The molecule has 0 saturated carbocycles. The Hall–Kier alpha value is -0.860. The Labute approximate surface area is 120 Å². The maximum Gasteiger partial charge on any atom is 0.123 e. The maximum atomic E-state index is 13.3. The van der Waals surface area contributed by atoms with Gasteiger partial charge in [-0.05, 0) is 54.3 Å². The summed E-state index contributed by atoms with van der Waals surface area (Å²) in [6, 6.07) is 12.9. The highest BCUT2D eigenvalue weighted by atomic mass is 79.9. The molecule has 0 aliphatic heterocycles. The fraction of sp³-hybridized carbons (Fsp3) is 0.200. The largest absolute Gasteiger partial charge is 0.207 e. The summed E-state index contributed by atoms with van der Waals surface area (Å²) in [7, 11) is 0. The minimum atomic E-state index is -0.232. The Morgan fingerprint density at radius 1 is 1.22 bits per heavy atom. The molecule has 0 radical (unpaired) electrons. The molecule has 1 atom stereocenters. The highest BCUT2D eigenvalue weighted by Gasteiger charge is 2.11. The molecule has 0 aliphatic rings. The summed E-state index contributed by atoms with van der Waals surface area (Å²) >= 11 is 9.78. The van der Waals surface area contributed by atoms with Gasteiger partial charge in [-0.1, -0.05) is 34.1 Å². The summed E-state index contributed by atoms with van der Waals surface area (Å²) < 4.78 is 14.4. The fourth-order valence-corrected chi connectivity index (χ4v) is 2.68. The lowest BCUT2D eigenvalue weighted by atomic mass is 10.0. The first-order valence-corrected chi connectivity index (χ1v) is 6.93. The van der Waals surface area contributed by atoms with Gasteiger partial charge < -0.3 is 0 Å². The second-order valence-electron chi connectivity index (χ2n) is 4.36. The average molecular weight is 328 g/mol. The molecule has 94 valence electrons. The van der Waals surface area contributed by atoms with E-state index in [2.05, 4.69) is 15.9 Å². The number of hydrogen-bond donors (Lipinski definition) is 0. The average Bonchev–Trinajstić information content (AvgIpc) is 2.27. The van der Waals surface area contributed by atoms with Gasteiger partial charge in [-0.25, -0.2) is 4.39 Å². The number of aryl methyl sites for hydroxylation is 1. The van der Waals surface area contributed by atoms with Crippen molar-refractivity contribution in [3.05, 3.63) is 69.4 Å². The molecule has 18 heavy (non-hydrogen) atoms. The summed E-state index contributed by atoms with van der Waals surface area (Å²) in [5.41, 5.74) is 2.85. The van der Waals surface area contributed by atoms with E-state index in [0.29, 0.717) is 6.42 Å². The predicted molar refractivity (Wildman–Crippen MR) is 77.6 cm³/mol. The van der Waals surface area contributed by atoms with E-state index in [1.54, 1.807) is 0 Å². The maximum absolute atomic E-state index is 13.3. The molecule has 2 rings (SSSR count). The van der Waals surface area contributed by atoms with E-state index in [4.69, 9.17) is 11.6 Å². The minimum Gasteiger partial charge on any atom is -0.207 e. The summed E-state index contributed by atoms with van der Waals surface area (Å²) in [5, 5.41) is -0.214. The van der Waals surface area contributed by atoms with E-state index < -0.39 is 0 Å². The first kappa shape index (κ1) is 13.6. The van der Waals surface area contributed by atoms with Crippen LogP contribution in [0.4, 0.5) is 4.39 Å². The van der Waals surface area contributed by atoms with Gasteiger partial charge in [0.1, 0.15) is 5.82 Å². The van der Waals surface area contributed by atoms with E-state index in [9.17, 15) is 4.39 Å². The molecule has 0 saturated heterocycles.